The highest BCUT2D eigenvalue weighted by Gasteiger charge is 2.43. The summed E-state index contributed by atoms with van der Waals surface area (Å²) in [5.74, 6) is 0.571. The van der Waals surface area contributed by atoms with E-state index in [0.29, 0.717) is 18.0 Å². The van der Waals surface area contributed by atoms with Crippen LogP contribution in [-0.4, -0.2) is 67.1 Å². The van der Waals surface area contributed by atoms with Crippen molar-refractivity contribution in [1.82, 2.24) is 15.1 Å². The number of carbonyl (C=O) groups is 1. The van der Waals surface area contributed by atoms with Crippen molar-refractivity contribution >= 4 is 17.0 Å². The highest BCUT2D eigenvalue weighted by Crippen LogP contribution is 2.35. The van der Waals surface area contributed by atoms with Gasteiger partial charge < -0.3 is 15.1 Å². The molecule has 1 amide bonds. The van der Waals surface area contributed by atoms with Crippen LogP contribution in [0.1, 0.15) is 12.8 Å². The third-order valence-corrected chi connectivity index (χ3v) is 4.30. The molecule has 1 heterocycles. The molecule has 1 saturated heterocycles. The molecule has 2 aliphatic rings. The Labute approximate surface area is 108 Å². The number of hydrogen-bond donors (Lipinski definition) is 1. The van der Waals surface area contributed by atoms with E-state index in [-0.39, 0.29) is 5.24 Å². The van der Waals surface area contributed by atoms with Crippen molar-refractivity contribution in [3.63, 3.8) is 0 Å². The van der Waals surface area contributed by atoms with Crippen molar-refractivity contribution in [2.75, 3.05) is 40.0 Å². The first-order chi connectivity index (χ1) is 8.17. The summed E-state index contributed by atoms with van der Waals surface area (Å²) in [7, 11) is 4.14. The van der Waals surface area contributed by atoms with E-state index in [0.717, 1.165) is 19.6 Å². The minimum atomic E-state index is 0.258. The smallest absolute Gasteiger partial charge is 0.281 e. The average molecular weight is 257 g/mol. The van der Waals surface area contributed by atoms with Gasteiger partial charge in [-0.2, -0.15) is 0 Å². The molecule has 98 valence electrons. The van der Waals surface area contributed by atoms with E-state index in [1.807, 2.05) is 13.3 Å². The van der Waals surface area contributed by atoms with E-state index in [1.54, 1.807) is 0 Å². The molecular formula is C12H23N3OS. The fourth-order valence-electron chi connectivity index (χ4n) is 2.86. The van der Waals surface area contributed by atoms with E-state index >= 15 is 0 Å². The van der Waals surface area contributed by atoms with Gasteiger partial charge in [-0.25, -0.2) is 0 Å². The molecule has 1 aliphatic carbocycles. The van der Waals surface area contributed by atoms with Crippen LogP contribution in [-0.2, 0) is 0 Å². The Balaban J connectivity index is 2.08. The number of nitrogens with one attached hydrogen (secondary N) is 1. The second-order valence-corrected chi connectivity index (χ2v) is 5.97. The van der Waals surface area contributed by atoms with Gasteiger partial charge in [0.25, 0.3) is 5.24 Å². The summed E-state index contributed by atoms with van der Waals surface area (Å²) in [4.78, 5) is 16.6. The first kappa shape index (κ1) is 13.2. The van der Waals surface area contributed by atoms with E-state index in [1.165, 1.54) is 24.6 Å². The molecule has 17 heavy (non-hydrogen) atoms. The van der Waals surface area contributed by atoms with Gasteiger partial charge in [-0.15, -0.1) is 0 Å². The molecule has 1 aliphatic heterocycles. The third kappa shape index (κ3) is 2.95. The van der Waals surface area contributed by atoms with Crippen LogP contribution in [0.15, 0.2) is 0 Å². The Hall–Kier alpha value is -0.260. The van der Waals surface area contributed by atoms with Crippen molar-refractivity contribution < 1.29 is 4.79 Å². The zero-order valence-electron chi connectivity index (χ0n) is 11.0. The largest absolute Gasteiger partial charge is 0.326 e. The van der Waals surface area contributed by atoms with Crippen LogP contribution in [0, 0.1) is 5.92 Å². The average Bonchev–Trinajstić information content (AvgIpc) is 3.06. The number of likely N-dealkylation sites (tertiary alicyclic amines) is 1. The maximum Gasteiger partial charge on any atom is 0.281 e. The lowest BCUT2D eigenvalue weighted by Crippen LogP contribution is -2.46. The van der Waals surface area contributed by atoms with Gasteiger partial charge >= 0.3 is 0 Å². The number of nitrogens with zero attached hydrogens (tertiary/aromatic N) is 2. The van der Waals surface area contributed by atoms with Gasteiger partial charge in [-0.1, -0.05) is 11.8 Å². The van der Waals surface area contributed by atoms with Gasteiger partial charge in [0.2, 0.25) is 0 Å². The van der Waals surface area contributed by atoms with Gasteiger partial charge in [0.05, 0.1) is 6.04 Å². The van der Waals surface area contributed by atoms with E-state index in [4.69, 9.17) is 0 Å². The van der Waals surface area contributed by atoms with E-state index < -0.39 is 0 Å². The lowest BCUT2D eigenvalue weighted by molar-refractivity contribution is 0.180. The van der Waals surface area contributed by atoms with E-state index in [2.05, 4.69) is 22.2 Å². The maximum absolute atomic E-state index is 12.1. The summed E-state index contributed by atoms with van der Waals surface area (Å²) in [6.45, 7) is 3.12. The maximum atomic E-state index is 12.1. The first-order valence-electron chi connectivity index (χ1n) is 6.36. The third-order valence-electron chi connectivity index (χ3n) is 3.74. The molecule has 4 nitrogen and oxygen atoms in total. The Morgan fingerprint density at radius 3 is 2.71 bits per heavy atom. The van der Waals surface area contributed by atoms with Gasteiger partial charge in [0, 0.05) is 31.6 Å². The predicted molar refractivity (Wildman–Crippen MR) is 72.5 cm³/mol. The number of likely N-dealkylation sites (N-methyl/N-ethyl adjacent to an activating group) is 1. The van der Waals surface area contributed by atoms with Crippen molar-refractivity contribution in [3.8, 4) is 0 Å². The monoisotopic (exact) mass is 257 g/mol. The zero-order valence-corrected chi connectivity index (χ0v) is 11.8. The SMILES string of the molecule is CNCC1CN(C)CC1N(C(=O)SC)C1CC1. The fourth-order valence-corrected chi connectivity index (χ4v) is 3.35. The quantitative estimate of drug-likeness (QED) is 0.817. The van der Waals surface area contributed by atoms with Crippen molar-refractivity contribution in [1.29, 1.82) is 0 Å². The molecule has 1 saturated carbocycles. The van der Waals surface area contributed by atoms with Crippen LogP contribution >= 0.6 is 11.8 Å². The number of carbonyl (C=O) groups excluding carboxylic acids is 1. The lowest BCUT2D eigenvalue weighted by atomic mass is 10.0. The number of rotatable bonds is 4. The Morgan fingerprint density at radius 1 is 1.47 bits per heavy atom. The molecule has 0 aromatic heterocycles. The summed E-state index contributed by atoms with van der Waals surface area (Å²) in [5, 5.41) is 3.52. The Bertz CT molecular complexity index is 283. The fraction of sp³-hybridized carbons (Fsp3) is 0.917. The zero-order chi connectivity index (χ0) is 12.4. The minimum Gasteiger partial charge on any atom is -0.326 e. The number of amides is 1. The summed E-state index contributed by atoms with van der Waals surface area (Å²) in [6.07, 6.45) is 4.28. The number of hydrogen-bond acceptors (Lipinski definition) is 4. The molecule has 1 N–H and O–H groups in total. The topological polar surface area (TPSA) is 35.6 Å². The molecule has 2 unspecified atom stereocenters. The minimum absolute atomic E-state index is 0.258. The van der Waals surface area contributed by atoms with Gasteiger partial charge in [0.1, 0.15) is 0 Å². The van der Waals surface area contributed by atoms with E-state index in [9.17, 15) is 4.79 Å². The number of thioether (sulfide) groups is 1. The molecule has 5 heteroatoms. The highest BCUT2D eigenvalue weighted by atomic mass is 32.2. The van der Waals surface area contributed by atoms with Crippen LogP contribution in [0.4, 0.5) is 4.79 Å². The van der Waals surface area contributed by atoms with Crippen molar-refractivity contribution in [2.45, 2.75) is 24.9 Å². The van der Waals surface area contributed by atoms with Crippen LogP contribution in [0.5, 0.6) is 0 Å². The second-order valence-electron chi connectivity index (χ2n) is 5.21. The molecule has 0 spiro atoms. The van der Waals surface area contributed by atoms with Crippen LogP contribution < -0.4 is 5.32 Å². The van der Waals surface area contributed by atoms with Crippen molar-refractivity contribution in [2.24, 2.45) is 5.92 Å². The molecule has 0 aromatic rings. The molecule has 2 rings (SSSR count). The Kier molecular flexibility index (Phi) is 4.33. The molecular weight excluding hydrogens is 234 g/mol. The normalized spacial score (nSPS) is 29.6. The molecule has 2 atom stereocenters. The lowest BCUT2D eigenvalue weighted by Gasteiger charge is -2.32. The first-order valence-corrected chi connectivity index (χ1v) is 7.59. The van der Waals surface area contributed by atoms with Crippen LogP contribution in [0.2, 0.25) is 0 Å². The van der Waals surface area contributed by atoms with Gasteiger partial charge in [-0.05, 0) is 33.2 Å². The molecule has 0 aromatic carbocycles. The summed E-state index contributed by atoms with van der Waals surface area (Å²) < 4.78 is 0. The Morgan fingerprint density at radius 2 is 2.18 bits per heavy atom. The summed E-state index contributed by atoms with van der Waals surface area (Å²) >= 11 is 1.36. The predicted octanol–water partition coefficient (Wildman–Crippen LogP) is 1.08. The van der Waals surface area contributed by atoms with Crippen molar-refractivity contribution in [3.05, 3.63) is 0 Å². The molecule has 2 fully saturated rings. The highest BCUT2D eigenvalue weighted by molar-refractivity contribution is 8.12. The molecule has 0 bridgehead atoms. The summed E-state index contributed by atoms with van der Waals surface area (Å²) in [6, 6.07) is 0.922. The van der Waals surface area contributed by atoms with Crippen LogP contribution in [0.25, 0.3) is 0 Å². The standard InChI is InChI=1S/C12H23N3OS/c1-13-6-9-7-14(2)8-11(9)15(10-4-5-10)12(16)17-3/h9-11,13H,4-8H2,1-3H3. The van der Waals surface area contributed by atoms with Gasteiger partial charge in [-0.3, -0.25) is 4.79 Å². The van der Waals surface area contributed by atoms with Crippen LogP contribution in [0.3, 0.4) is 0 Å². The second kappa shape index (κ2) is 5.59. The molecule has 0 radical (unpaired) electrons. The summed E-state index contributed by atoms with van der Waals surface area (Å²) in [5.41, 5.74) is 0. The van der Waals surface area contributed by atoms with Gasteiger partial charge in [0.15, 0.2) is 0 Å².